The zero-order chi connectivity index (χ0) is 51.9. The lowest BCUT2D eigenvalue weighted by atomic mass is 9.66. The first-order valence-electron chi connectivity index (χ1n) is 24.2. The van der Waals surface area contributed by atoms with E-state index in [4.69, 9.17) is 33.7 Å². The molecule has 5 N–H and O–H groups in total. The molecule has 0 radical (unpaired) electrons. The SMILES string of the molecule is COc1cc(NC(=O)C[C@@]2(C)C[C@H](c3cccc(Cl)c3)[C@@H](c3ccc(Cl)cc3)N([C@@H](C/C(N)=N/SC(C)C)C(C)C)C2=O)ccc1C(=O)NCCCC#Cc1cccc2c1CN(C1CCC(=O)NC1=O)C2=O. The number of halogens is 2. The Morgan fingerprint density at radius 3 is 2.42 bits per heavy atom. The van der Waals surface area contributed by atoms with E-state index in [9.17, 15) is 24.0 Å². The van der Waals surface area contributed by atoms with E-state index in [2.05, 4.69) is 46.0 Å². The smallest absolute Gasteiger partial charge is 0.255 e. The molecule has 4 aromatic rings. The standard InChI is InChI=1S/C55H61Cl2N7O7S/c1-32(2)45(28-47(58)62-72-33(3)4)64-50(35-17-19-37(56)20-18-35)42(36-14-10-15-38(57)26-36)29-55(5,54(64)70)30-49(66)60-39-21-22-41(46(27-39)71-6)51(67)59-25-9-7-8-12-34-13-11-16-40-43(34)31-63(53(40)69)44-23-24-48(65)61-52(44)68/h10-11,13-22,26-27,32-33,42,44-45,50H,7,9,23-25,28-31H2,1-6H3,(H2,58,62)(H,59,67)(H,60,66)(H,61,65,68)/t42-,44?,45+,50-,55-/m1/s1. The fraction of sp³-hybridized carbons (Fsp3) is 0.400. The van der Waals surface area contributed by atoms with E-state index in [0.717, 1.165) is 16.7 Å². The number of methoxy groups -OCH3 is 1. The maximum absolute atomic E-state index is 15.4. The molecule has 3 heterocycles. The number of hydrogen-bond donors (Lipinski definition) is 4. The van der Waals surface area contributed by atoms with Crippen molar-refractivity contribution in [1.29, 1.82) is 0 Å². The third kappa shape index (κ3) is 12.5. The van der Waals surface area contributed by atoms with Gasteiger partial charge in [-0.1, -0.05) is 100.0 Å². The van der Waals surface area contributed by atoms with Crippen LogP contribution in [-0.4, -0.2) is 82.1 Å². The Labute approximate surface area is 435 Å². The topological polar surface area (TPSA) is 193 Å². The van der Waals surface area contributed by atoms with Crippen LogP contribution in [0.3, 0.4) is 0 Å². The largest absolute Gasteiger partial charge is 0.496 e. The number of benzene rings is 4. The average Bonchev–Trinajstić information content (AvgIpc) is 3.67. The molecule has 0 aromatic heterocycles. The van der Waals surface area contributed by atoms with Crippen molar-refractivity contribution in [3.05, 3.63) is 128 Å². The van der Waals surface area contributed by atoms with Crippen molar-refractivity contribution in [2.75, 3.05) is 19.0 Å². The van der Waals surface area contributed by atoms with Gasteiger partial charge in [0.15, 0.2) is 0 Å². The van der Waals surface area contributed by atoms with Crippen molar-refractivity contribution in [2.24, 2.45) is 21.5 Å². The lowest BCUT2D eigenvalue weighted by Crippen LogP contribution is -2.58. The van der Waals surface area contributed by atoms with Gasteiger partial charge in [-0.2, -0.15) is 0 Å². The first-order chi connectivity index (χ1) is 34.4. The predicted octanol–water partition coefficient (Wildman–Crippen LogP) is 9.25. The summed E-state index contributed by atoms with van der Waals surface area (Å²) in [6, 6.07) is 23.7. The number of imide groups is 1. The van der Waals surface area contributed by atoms with Crippen molar-refractivity contribution in [3.8, 4) is 17.6 Å². The van der Waals surface area contributed by atoms with Gasteiger partial charge in [0.1, 0.15) is 17.6 Å². The summed E-state index contributed by atoms with van der Waals surface area (Å²) in [5.41, 5.74) is 9.81. The minimum Gasteiger partial charge on any atom is -0.496 e. The van der Waals surface area contributed by atoms with Crippen LogP contribution < -0.4 is 26.4 Å². The molecule has 3 aliphatic rings. The van der Waals surface area contributed by atoms with Gasteiger partial charge in [0, 0.05) is 88.9 Å². The highest BCUT2D eigenvalue weighted by atomic mass is 35.5. The summed E-state index contributed by atoms with van der Waals surface area (Å²) < 4.78 is 10.2. The molecule has 17 heteroatoms. The van der Waals surface area contributed by atoms with Crippen molar-refractivity contribution in [2.45, 2.75) is 115 Å². The van der Waals surface area contributed by atoms with Crippen molar-refractivity contribution in [3.63, 3.8) is 0 Å². The second-order valence-corrected chi connectivity index (χ2v) is 21.6. The zero-order valence-corrected chi connectivity index (χ0v) is 43.7. The molecular weight excluding hydrogens is 974 g/mol. The highest BCUT2D eigenvalue weighted by Crippen LogP contribution is 2.53. The number of unbranched alkanes of at least 4 members (excludes halogenated alkanes) is 1. The van der Waals surface area contributed by atoms with Gasteiger partial charge in [-0.25, -0.2) is 4.40 Å². The quantitative estimate of drug-likeness (QED) is 0.0199. The number of nitrogens with one attached hydrogen (secondary N) is 3. The second-order valence-electron chi connectivity index (χ2n) is 19.4. The van der Waals surface area contributed by atoms with E-state index in [-0.39, 0.29) is 83.9 Å². The summed E-state index contributed by atoms with van der Waals surface area (Å²) >= 11 is 14.4. The molecule has 4 aromatic carbocycles. The van der Waals surface area contributed by atoms with Gasteiger partial charge in [-0.05, 0) is 102 Å². The molecule has 378 valence electrons. The zero-order valence-electron chi connectivity index (χ0n) is 41.4. The number of likely N-dealkylation sites (tertiary alicyclic amines) is 1. The number of nitrogens with zero attached hydrogens (tertiary/aromatic N) is 3. The van der Waals surface area contributed by atoms with Crippen molar-refractivity contribution < 1.29 is 33.5 Å². The number of amides is 6. The van der Waals surface area contributed by atoms with E-state index in [1.807, 2.05) is 80.3 Å². The third-order valence-electron chi connectivity index (χ3n) is 13.4. The maximum atomic E-state index is 15.4. The van der Waals surface area contributed by atoms with Crippen LogP contribution in [0, 0.1) is 23.2 Å². The first-order valence-corrected chi connectivity index (χ1v) is 25.8. The summed E-state index contributed by atoms with van der Waals surface area (Å²) in [5, 5.41) is 9.55. The number of anilines is 1. The van der Waals surface area contributed by atoms with E-state index in [1.54, 1.807) is 30.3 Å². The van der Waals surface area contributed by atoms with Gasteiger partial charge < -0.3 is 30.9 Å². The van der Waals surface area contributed by atoms with Crippen LogP contribution in [0.25, 0.3) is 0 Å². The monoisotopic (exact) mass is 1030 g/mol. The Hall–Kier alpha value is -6.34. The summed E-state index contributed by atoms with van der Waals surface area (Å²) in [6.45, 7) is 10.6. The molecule has 1 unspecified atom stereocenters. The summed E-state index contributed by atoms with van der Waals surface area (Å²) in [5.74, 6) is 4.60. The lowest BCUT2D eigenvalue weighted by molar-refractivity contribution is -0.158. The number of piperidine rings is 2. The number of hydrogen-bond acceptors (Lipinski definition) is 9. The number of ether oxygens (including phenoxy) is 1. The maximum Gasteiger partial charge on any atom is 0.255 e. The number of carbonyl (C=O) groups excluding carboxylic acids is 6. The molecule has 0 aliphatic carbocycles. The Morgan fingerprint density at radius 1 is 0.972 bits per heavy atom. The Bertz CT molecular complexity index is 2830. The van der Waals surface area contributed by atoms with Gasteiger partial charge in [0.25, 0.3) is 11.8 Å². The first kappa shape index (κ1) is 53.5. The van der Waals surface area contributed by atoms with Crippen LogP contribution in [0.1, 0.15) is 134 Å². The average molecular weight is 1040 g/mol. The van der Waals surface area contributed by atoms with Crippen LogP contribution in [0.2, 0.25) is 10.0 Å². The molecule has 0 spiro atoms. The Balaban J connectivity index is 1.03. The van der Waals surface area contributed by atoms with Gasteiger partial charge in [-0.15, -0.1) is 0 Å². The van der Waals surface area contributed by atoms with Crippen LogP contribution in [0.15, 0.2) is 89.3 Å². The van der Waals surface area contributed by atoms with E-state index in [0.29, 0.717) is 64.9 Å². The molecule has 2 saturated heterocycles. The molecule has 2 fully saturated rings. The molecule has 0 bridgehead atoms. The molecule has 0 saturated carbocycles. The van der Waals surface area contributed by atoms with Gasteiger partial charge in [0.2, 0.25) is 23.6 Å². The summed E-state index contributed by atoms with van der Waals surface area (Å²) in [7, 11) is 1.44. The molecule has 3 aliphatic heterocycles. The van der Waals surface area contributed by atoms with E-state index < -0.39 is 29.3 Å². The van der Waals surface area contributed by atoms with E-state index in [1.165, 1.54) is 24.0 Å². The Morgan fingerprint density at radius 2 is 1.72 bits per heavy atom. The second kappa shape index (κ2) is 23.5. The normalized spacial score (nSPS) is 20.5. The summed E-state index contributed by atoms with van der Waals surface area (Å²) in [6.07, 6.45) is 1.94. The molecule has 72 heavy (non-hydrogen) atoms. The minimum absolute atomic E-state index is 0.0487. The van der Waals surface area contributed by atoms with Gasteiger partial charge >= 0.3 is 0 Å². The number of nitrogens with two attached hydrogens (primary N) is 1. The number of fused-ring (bicyclic) bond motifs is 1. The molecular formula is C55H61Cl2N7O7S. The van der Waals surface area contributed by atoms with Crippen molar-refractivity contribution >= 4 is 82.1 Å². The summed E-state index contributed by atoms with van der Waals surface area (Å²) in [4.78, 5) is 83.9. The van der Waals surface area contributed by atoms with E-state index >= 15 is 4.79 Å². The minimum atomic E-state index is -1.18. The number of rotatable bonds is 17. The van der Waals surface area contributed by atoms with Gasteiger partial charge in [0.05, 0.1) is 24.1 Å². The number of amidine groups is 1. The fourth-order valence-corrected chi connectivity index (χ4v) is 10.6. The highest BCUT2D eigenvalue weighted by Gasteiger charge is 2.53. The molecule has 5 atom stereocenters. The number of carbonyl (C=O) groups is 6. The third-order valence-corrected chi connectivity index (χ3v) is 14.6. The molecule has 6 amide bonds. The highest BCUT2D eigenvalue weighted by molar-refractivity contribution is 7.98. The predicted molar refractivity (Wildman–Crippen MR) is 283 cm³/mol. The lowest BCUT2D eigenvalue weighted by Gasteiger charge is -2.53. The Kier molecular flexibility index (Phi) is 17.4. The fourth-order valence-electron chi connectivity index (χ4n) is 9.84. The van der Waals surface area contributed by atoms with Crippen LogP contribution in [-0.2, 0) is 25.7 Å². The van der Waals surface area contributed by atoms with Crippen molar-refractivity contribution in [1.82, 2.24) is 20.4 Å². The molecule has 14 nitrogen and oxygen atoms in total. The van der Waals surface area contributed by atoms with Gasteiger partial charge in [-0.3, -0.25) is 34.1 Å². The van der Waals surface area contributed by atoms with Crippen LogP contribution >= 0.6 is 35.1 Å². The van der Waals surface area contributed by atoms with Crippen LogP contribution in [0.4, 0.5) is 5.69 Å². The molecule has 7 rings (SSSR count). The van der Waals surface area contributed by atoms with Crippen LogP contribution in [0.5, 0.6) is 5.75 Å².